The highest BCUT2D eigenvalue weighted by atomic mass is 35.5. The van der Waals surface area contributed by atoms with Gasteiger partial charge >= 0.3 is 0 Å². The number of pyridine rings is 1. The van der Waals surface area contributed by atoms with Crippen molar-refractivity contribution in [1.82, 2.24) is 4.98 Å². The van der Waals surface area contributed by atoms with Crippen LogP contribution in [0.2, 0.25) is 5.02 Å². The fraction of sp³-hybridized carbons (Fsp3) is 0.0556. The molecular weight excluding hydrogens is 382 g/mol. The Morgan fingerprint density at radius 1 is 1.00 bits per heavy atom. The Morgan fingerprint density at radius 2 is 1.69 bits per heavy atom. The first-order valence-corrected chi connectivity index (χ1v) is 9.37. The number of rotatable bonds is 4. The quantitative estimate of drug-likeness (QED) is 0.721. The van der Waals surface area contributed by atoms with Crippen LogP contribution in [0.5, 0.6) is 0 Å². The van der Waals surface area contributed by atoms with Crippen LogP contribution >= 0.6 is 11.6 Å². The standard InChI is InChI=1S/C18H13ClF2N2O2S/c19-12-1-4-14(5-2-12)26(24,25)18(11-7-8-23-17(22)9-11)15-10-13(20)3-6-16(15)21/h1-10,18H,(H2,22,23). The Balaban J connectivity index is 2.27. The van der Waals surface area contributed by atoms with E-state index in [9.17, 15) is 17.2 Å². The number of halogens is 3. The van der Waals surface area contributed by atoms with E-state index < -0.39 is 26.7 Å². The zero-order valence-electron chi connectivity index (χ0n) is 13.2. The van der Waals surface area contributed by atoms with E-state index in [0.29, 0.717) is 5.02 Å². The van der Waals surface area contributed by atoms with Crippen LogP contribution in [0, 0.1) is 11.6 Å². The highest BCUT2D eigenvalue weighted by Crippen LogP contribution is 2.37. The van der Waals surface area contributed by atoms with Gasteiger partial charge in [0.25, 0.3) is 0 Å². The number of benzene rings is 2. The normalized spacial score (nSPS) is 12.7. The molecule has 3 aromatic rings. The van der Waals surface area contributed by atoms with Gasteiger partial charge in [-0.2, -0.15) is 0 Å². The molecule has 0 spiro atoms. The minimum atomic E-state index is -4.13. The second-order valence-electron chi connectivity index (χ2n) is 5.56. The van der Waals surface area contributed by atoms with Crippen LogP contribution in [0.3, 0.4) is 0 Å². The molecule has 0 amide bonds. The Kier molecular flexibility index (Phi) is 4.93. The second kappa shape index (κ2) is 7.01. The fourth-order valence-electron chi connectivity index (χ4n) is 2.63. The number of hydrogen-bond acceptors (Lipinski definition) is 4. The van der Waals surface area contributed by atoms with Crippen molar-refractivity contribution in [1.29, 1.82) is 0 Å². The lowest BCUT2D eigenvalue weighted by Crippen LogP contribution is -2.17. The highest BCUT2D eigenvalue weighted by molar-refractivity contribution is 7.91. The Hall–Kier alpha value is -2.51. The molecule has 2 N–H and O–H groups in total. The molecule has 0 radical (unpaired) electrons. The summed E-state index contributed by atoms with van der Waals surface area (Å²) < 4.78 is 54.6. The van der Waals surface area contributed by atoms with Gasteiger partial charge in [-0.05, 0) is 60.2 Å². The van der Waals surface area contributed by atoms with Gasteiger partial charge in [0.2, 0.25) is 0 Å². The zero-order chi connectivity index (χ0) is 18.9. The van der Waals surface area contributed by atoms with Crippen molar-refractivity contribution in [2.24, 2.45) is 0 Å². The summed E-state index contributed by atoms with van der Waals surface area (Å²) in [5.74, 6) is -1.53. The SMILES string of the molecule is Nc1cc(C(c2cc(F)ccc2F)S(=O)(=O)c2ccc(Cl)cc2)ccn1. The van der Waals surface area contributed by atoms with Gasteiger partial charge in [0.1, 0.15) is 22.7 Å². The van der Waals surface area contributed by atoms with Gasteiger partial charge in [-0.3, -0.25) is 0 Å². The van der Waals surface area contributed by atoms with Crippen molar-refractivity contribution < 1.29 is 17.2 Å². The number of nitrogen functional groups attached to an aromatic ring is 1. The minimum absolute atomic E-state index is 0.0654. The molecule has 4 nitrogen and oxygen atoms in total. The first-order valence-electron chi connectivity index (χ1n) is 7.45. The molecule has 0 saturated heterocycles. The number of nitrogens with two attached hydrogens (primary N) is 1. The molecule has 0 saturated carbocycles. The van der Waals surface area contributed by atoms with Crippen molar-refractivity contribution in [3.05, 3.63) is 88.6 Å². The summed E-state index contributed by atoms with van der Waals surface area (Å²) in [6, 6.07) is 10.8. The van der Waals surface area contributed by atoms with Gasteiger partial charge < -0.3 is 5.73 Å². The van der Waals surface area contributed by atoms with E-state index in [2.05, 4.69) is 4.98 Å². The van der Waals surface area contributed by atoms with E-state index in [1.807, 2.05) is 0 Å². The van der Waals surface area contributed by atoms with Gasteiger partial charge in [0, 0.05) is 16.8 Å². The lowest BCUT2D eigenvalue weighted by molar-refractivity contribution is 0.569. The van der Waals surface area contributed by atoms with E-state index in [1.165, 1.54) is 42.6 Å². The topological polar surface area (TPSA) is 73.1 Å². The Labute approximate surface area is 154 Å². The summed E-state index contributed by atoms with van der Waals surface area (Å²) in [5.41, 5.74) is 5.52. The maximum absolute atomic E-state index is 14.4. The van der Waals surface area contributed by atoms with Crippen molar-refractivity contribution >= 4 is 27.3 Å². The summed E-state index contributed by atoms with van der Waals surface area (Å²) in [6.45, 7) is 0. The maximum Gasteiger partial charge on any atom is 0.189 e. The number of nitrogens with zero attached hydrogens (tertiary/aromatic N) is 1. The summed E-state index contributed by atoms with van der Waals surface area (Å²) in [7, 11) is -4.13. The maximum atomic E-state index is 14.4. The molecule has 1 atom stereocenters. The Bertz CT molecular complexity index is 1060. The lowest BCUT2D eigenvalue weighted by atomic mass is 10.0. The molecule has 0 fully saturated rings. The number of anilines is 1. The van der Waals surface area contributed by atoms with Crippen LogP contribution < -0.4 is 5.73 Å². The minimum Gasteiger partial charge on any atom is -0.384 e. The zero-order valence-corrected chi connectivity index (χ0v) is 14.8. The molecule has 1 heterocycles. The van der Waals surface area contributed by atoms with Crippen LogP contribution in [-0.2, 0) is 9.84 Å². The van der Waals surface area contributed by atoms with Crippen LogP contribution in [-0.4, -0.2) is 13.4 Å². The molecule has 0 aliphatic rings. The van der Waals surface area contributed by atoms with E-state index in [-0.39, 0.29) is 21.8 Å². The molecule has 0 aliphatic carbocycles. The number of hydrogen-bond donors (Lipinski definition) is 1. The largest absolute Gasteiger partial charge is 0.384 e. The van der Waals surface area contributed by atoms with Crippen LogP contribution in [0.25, 0.3) is 0 Å². The smallest absolute Gasteiger partial charge is 0.189 e. The van der Waals surface area contributed by atoms with E-state index in [1.54, 1.807) is 0 Å². The lowest BCUT2D eigenvalue weighted by Gasteiger charge is -2.20. The van der Waals surface area contributed by atoms with Crippen LogP contribution in [0.1, 0.15) is 16.4 Å². The number of aromatic nitrogens is 1. The van der Waals surface area contributed by atoms with Crippen molar-refractivity contribution in [2.75, 3.05) is 5.73 Å². The third-order valence-corrected chi connectivity index (χ3v) is 6.13. The predicted molar refractivity (Wildman–Crippen MR) is 95.5 cm³/mol. The predicted octanol–water partition coefficient (Wildman–Crippen LogP) is 4.16. The van der Waals surface area contributed by atoms with Crippen molar-refractivity contribution in [3.8, 4) is 0 Å². The molecule has 134 valence electrons. The van der Waals surface area contributed by atoms with Gasteiger partial charge in [0.15, 0.2) is 9.84 Å². The van der Waals surface area contributed by atoms with Crippen molar-refractivity contribution in [3.63, 3.8) is 0 Å². The third-order valence-electron chi connectivity index (χ3n) is 3.80. The van der Waals surface area contributed by atoms with E-state index in [0.717, 1.165) is 18.2 Å². The Morgan fingerprint density at radius 3 is 2.35 bits per heavy atom. The van der Waals surface area contributed by atoms with E-state index in [4.69, 9.17) is 17.3 Å². The van der Waals surface area contributed by atoms with Crippen LogP contribution in [0.15, 0.2) is 65.7 Å². The third kappa shape index (κ3) is 3.54. The number of sulfone groups is 1. The summed E-state index contributed by atoms with van der Waals surface area (Å²) in [5, 5.41) is -1.14. The molecule has 0 bridgehead atoms. The molecule has 1 aromatic heterocycles. The average molecular weight is 395 g/mol. The molecule has 1 unspecified atom stereocenters. The molecule has 26 heavy (non-hydrogen) atoms. The highest BCUT2D eigenvalue weighted by Gasteiger charge is 2.33. The monoisotopic (exact) mass is 394 g/mol. The van der Waals surface area contributed by atoms with Gasteiger partial charge in [-0.15, -0.1) is 0 Å². The van der Waals surface area contributed by atoms with Crippen molar-refractivity contribution in [2.45, 2.75) is 10.1 Å². The molecular formula is C18H13ClF2N2O2S. The molecule has 3 rings (SSSR count). The van der Waals surface area contributed by atoms with Gasteiger partial charge in [-0.1, -0.05) is 11.6 Å². The van der Waals surface area contributed by atoms with Gasteiger partial charge in [-0.25, -0.2) is 22.2 Å². The first kappa shape index (κ1) is 18.3. The van der Waals surface area contributed by atoms with E-state index >= 15 is 0 Å². The summed E-state index contributed by atoms with van der Waals surface area (Å²) in [4.78, 5) is 3.74. The molecule has 8 heteroatoms. The second-order valence-corrected chi connectivity index (χ2v) is 8.03. The fourth-order valence-corrected chi connectivity index (χ4v) is 4.56. The van der Waals surface area contributed by atoms with Gasteiger partial charge in [0.05, 0.1) is 4.90 Å². The van der Waals surface area contributed by atoms with Crippen LogP contribution in [0.4, 0.5) is 14.6 Å². The summed E-state index contributed by atoms with van der Waals surface area (Å²) in [6.07, 6.45) is 1.31. The summed E-state index contributed by atoms with van der Waals surface area (Å²) >= 11 is 5.81. The average Bonchev–Trinajstić information content (AvgIpc) is 2.58. The molecule has 0 aliphatic heterocycles. The first-order chi connectivity index (χ1) is 12.3. The molecule has 2 aromatic carbocycles.